The van der Waals surface area contributed by atoms with Crippen molar-refractivity contribution in [2.45, 2.75) is 13.0 Å². The van der Waals surface area contributed by atoms with Gasteiger partial charge in [-0.3, -0.25) is 19.5 Å². The van der Waals surface area contributed by atoms with Gasteiger partial charge in [0.1, 0.15) is 34.6 Å². The minimum absolute atomic E-state index is 0.134. The second-order valence-corrected chi connectivity index (χ2v) is 7.45. The molecule has 1 aliphatic heterocycles. The highest BCUT2D eigenvalue weighted by molar-refractivity contribution is 6.52. The van der Waals surface area contributed by atoms with Gasteiger partial charge in [0.15, 0.2) is 0 Å². The molecule has 4 rings (SSSR count). The lowest BCUT2D eigenvalue weighted by Gasteiger charge is -2.25. The molecule has 1 fully saturated rings. The lowest BCUT2D eigenvalue weighted by molar-refractivity contribution is -0.132. The average molecular weight is 446 g/mol. The van der Waals surface area contributed by atoms with Crippen molar-refractivity contribution in [3.63, 3.8) is 0 Å². The van der Waals surface area contributed by atoms with Crippen LogP contribution in [0, 0.1) is 6.92 Å². The van der Waals surface area contributed by atoms with Gasteiger partial charge < -0.3 is 19.7 Å². The lowest BCUT2D eigenvalue weighted by atomic mass is 9.97. The molecular formula is C25H22N2O6. The molecule has 3 aromatic rings. The molecule has 1 saturated heterocycles. The Morgan fingerprint density at radius 1 is 1.00 bits per heavy atom. The standard InChI is InChI=1S/C25H22N2O6/c1-14-10-11-17(28)16(13-14)27-22(15-7-4-5-12-26-15)21(24(30)25(27)31)23(29)20-18(32-2)8-6-9-19(20)33-3/h4-13,22,28-29H,1-3H3/b23-21+. The lowest BCUT2D eigenvalue weighted by Crippen LogP contribution is -2.30. The van der Waals surface area contributed by atoms with E-state index in [2.05, 4.69) is 4.98 Å². The Hall–Kier alpha value is -4.33. The summed E-state index contributed by atoms with van der Waals surface area (Å²) in [5.41, 5.74) is 1.19. The minimum atomic E-state index is -1.09. The summed E-state index contributed by atoms with van der Waals surface area (Å²) < 4.78 is 10.8. The van der Waals surface area contributed by atoms with E-state index in [0.29, 0.717) is 5.69 Å². The number of aromatic nitrogens is 1. The van der Waals surface area contributed by atoms with Crippen LogP contribution in [0.3, 0.4) is 0 Å². The van der Waals surface area contributed by atoms with Crippen LogP contribution >= 0.6 is 0 Å². The molecule has 0 bridgehead atoms. The van der Waals surface area contributed by atoms with Crippen LogP contribution in [0.1, 0.15) is 22.9 Å². The molecule has 1 atom stereocenters. The van der Waals surface area contributed by atoms with E-state index in [1.54, 1.807) is 55.5 Å². The summed E-state index contributed by atoms with van der Waals surface area (Å²) in [4.78, 5) is 32.0. The third-order valence-corrected chi connectivity index (χ3v) is 5.47. The Morgan fingerprint density at radius 2 is 1.70 bits per heavy atom. The molecule has 1 amide bonds. The number of aliphatic hydroxyl groups excluding tert-OH is 1. The topological polar surface area (TPSA) is 109 Å². The number of methoxy groups -OCH3 is 2. The van der Waals surface area contributed by atoms with Gasteiger partial charge in [0.05, 0.1) is 31.2 Å². The SMILES string of the molecule is COc1cccc(OC)c1/C(O)=C1\C(=O)C(=O)N(c2cc(C)ccc2O)C1c1ccccn1. The summed E-state index contributed by atoms with van der Waals surface area (Å²) in [7, 11) is 2.84. The fourth-order valence-electron chi connectivity index (χ4n) is 3.94. The number of hydrogen-bond donors (Lipinski definition) is 2. The van der Waals surface area contributed by atoms with Crippen LogP contribution in [0.2, 0.25) is 0 Å². The van der Waals surface area contributed by atoms with E-state index in [4.69, 9.17) is 9.47 Å². The normalized spacial score (nSPS) is 17.3. The molecule has 0 saturated carbocycles. The predicted molar refractivity (Wildman–Crippen MR) is 121 cm³/mol. The number of aromatic hydroxyl groups is 1. The molecule has 1 aliphatic rings. The number of amides is 1. The number of hydrogen-bond acceptors (Lipinski definition) is 7. The number of nitrogens with zero attached hydrogens (tertiary/aromatic N) is 2. The summed E-state index contributed by atoms with van der Waals surface area (Å²) in [6.07, 6.45) is 1.52. The molecule has 2 N–H and O–H groups in total. The number of phenols is 1. The maximum Gasteiger partial charge on any atom is 0.300 e. The molecule has 1 unspecified atom stereocenters. The number of phenolic OH excluding ortho intramolecular Hbond substituents is 1. The summed E-state index contributed by atoms with van der Waals surface area (Å²) in [5.74, 6) is -1.95. The van der Waals surface area contributed by atoms with Crippen LogP contribution in [-0.2, 0) is 9.59 Å². The second kappa shape index (κ2) is 8.66. The minimum Gasteiger partial charge on any atom is -0.506 e. The van der Waals surface area contributed by atoms with Crippen LogP contribution in [-0.4, -0.2) is 41.1 Å². The number of Topliss-reactive ketones (excluding diaryl/α,β-unsaturated/α-hetero) is 1. The fraction of sp³-hybridized carbons (Fsp3) is 0.160. The van der Waals surface area contributed by atoms with Gasteiger partial charge in [-0.25, -0.2) is 0 Å². The molecule has 8 heteroatoms. The number of anilines is 1. The maximum atomic E-state index is 13.3. The van der Waals surface area contributed by atoms with Crippen LogP contribution in [0.5, 0.6) is 17.2 Å². The van der Waals surface area contributed by atoms with Crippen molar-refractivity contribution in [3.05, 3.63) is 83.2 Å². The third kappa shape index (κ3) is 3.65. The fourth-order valence-corrected chi connectivity index (χ4v) is 3.94. The number of benzene rings is 2. The number of aliphatic hydroxyl groups is 1. The van der Waals surface area contributed by atoms with Crippen LogP contribution in [0.15, 0.2) is 66.4 Å². The van der Waals surface area contributed by atoms with Crippen molar-refractivity contribution < 1.29 is 29.3 Å². The number of carbonyl (C=O) groups is 2. The number of rotatable bonds is 5. The Morgan fingerprint density at radius 3 is 2.30 bits per heavy atom. The van der Waals surface area contributed by atoms with Gasteiger partial charge >= 0.3 is 0 Å². The molecule has 0 aliphatic carbocycles. The first-order valence-corrected chi connectivity index (χ1v) is 10.1. The third-order valence-electron chi connectivity index (χ3n) is 5.47. The van der Waals surface area contributed by atoms with Crippen LogP contribution in [0.25, 0.3) is 5.76 Å². The maximum absolute atomic E-state index is 13.3. The van der Waals surface area contributed by atoms with Crippen molar-refractivity contribution in [2.75, 3.05) is 19.1 Å². The Kier molecular flexibility index (Phi) is 5.74. The van der Waals surface area contributed by atoms with Crippen molar-refractivity contribution in [2.24, 2.45) is 0 Å². The summed E-state index contributed by atoms with van der Waals surface area (Å²) in [6.45, 7) is 1.80. The number of ether oxygens (including phenoxy) is 2. The molecule has 0 spiro atoms. The van der Waals surface area contributed by atoms with Gasteiger partial charge in [0.25, 0.3) is 11.7 Å². The average Bonchev–Trinajstić information content (AvgIpc) is 3.10. The van der Waals surface area contributed by atoms with E-state index in [0.717, 1.165) is 10.5 Å². The molecule has 168 valence electrons. The highest BCUT2D eigenvalue weighted by atomic mass is 16.5. The van der Waals surface area contributed by atoms with Crippen molar-refractivity contribution in [1.29, 1.82) is 0 Å². The zero-order chi connectivity index (χ0) is 23.7. The molecular weight excluding hydrogens is 424 g/mol. The van der Waals surface area contributed by atoms with Crippen LogP contribution < -0.4 is 14.4 Å². The number of pyridine rings is 1. The van der Waals surface area contributed by atoms with Crippen molar-refractivity contribution >= 4 is 23.1 Å². The molecule has 8 nitrogen and oxygen atoms in total. The van der Waals surface area contributed by atoms with Gasteiger partial charge in [0, 0.05) is 6.20 Å². The molecule has 1 aromatic heterocycles. The summed E-state index contributed by atoms with van der Waals surface area (Å²) >= 11 is 0. The Bertz CT molecular complexity index is 1250. The highest BCUT2D eigenvalue weighted by Crippen LogP contribution is 2.46. The van der Waals surface area contributed by atoms with Gasteiger partial charge in [-0.15, -0.1) is 0 Å². The quantitative estimate of drug-likeness (QED) is 0.349. The van der Waals surface area contributed by atoms with Gasteiger partial charge in [0.2, 0.25) is 0 Å². The zero-order valence-corrected chi connectivity index (χ0v) is 18.3. The van der Waals surface area contributed by atoms with E-state index in [9.17, 15) is 19.8 Å². The first kappa shape index (κ1) is 21.9. The Labute approximate surface area is 190 Å². The number of carbonyl (C=O) groups excluding carboxylic acids is 2. The Balaban J connectivity index is 2.03. The second-order valence-electron chi connectivity index (χ2n) is 7.45. The van der Waals surface area contributed by atoms with Gasteiger partial charge in [-0.2, -0.15) is 0 Å². The monoisotopic (exact) mass is 446 g/mol. The molecule has 33 heavy (non-hydrogen) atoms. The van der Waals surface area contributed by atoms with Crippen LogP contribution in [0.4, 0.5) is 5.69 Å². The molecule has 0 radical (unpaired) electrons. The number of aryl methyl sites for hydroxylation is 1. The first-order valence-electron chi connectivity index (χ1n) is 10.1. The van der Waals surface area contributed by atoms with Crippen molar-refractivity contribution in [3.8, 4) is 17.2 Å². The first-order chi connectivity index (χ1) is 15.9. The van der Waals surface area contributed by atoms with E-state index >= 15 is 0 Å². The summed E-state index contributed by atoms with van der Waals surface area (Å²) in [5, 5.41) is 21.9. The molecule has 2 aromatic carbocycles. The van der Waals surface area contributed by atoms with E-state index < -0.39 is 23.5 Å². The highest BCUT2D eigenvalue weighted by Gasteiger charge is 2.48. The number of ketones is 1. The molecule has 2 heterocycles. The smallest absolute Gasteiger partial charge is 0.300 e. The summed E-state index contributed by atoms with van der Waals surface area (Å²) in [6, 6.07) is 13.6. The van der Waals surface area contributed by atoms with Crippen molar-refractivity contribution in [1.82, 2.24) is 4.98 Å². The predicted octanol–water partition coefficient (Wildman–Crippen LogP) is 3.74. The van der Waals surface area contributed by atoms with E-state index in [-0.39, 0.29) is 34.1 Å². The zero-order valence-electron chi connectivity index (χ0n) is 18.3. The van der Waals surface area contributed by atoms with E-state index in [1.165, 1.54) is 26.5 Å². The van der Waals surface area contributed by atoms with Gasteiger partial charge in [-0.05, 0) is 48.9 Å². The van der Waals surface area contributed by atoms with Gasteiger partial charge in [-0.1, -0.05) is 18.2 Å². The largest absolute Gasteiger partial charge is 0.506 e. The van der Waals surface area contributed by atoms with E-state index in [1.807, 2.05) is 0 Å².